The van der Waals surface area contributed by atoms with Crippen molar-refractivity contribution in [3.63, 3.8) is 0 Å². The number of nitrogen functional groups attached to an aromatic ring is 1. The Morgan fingerprint density at radius 1 is 1.06 bits per heavy atom. The van der Waals surface area contributed by atoms with Crippen LogP contribution in [0.1, 0.15) is 43.0 Å². The summed E-state index contributed by atoms with van der Waals surface area (Å²) < 4.78 is 49.6. The molecule has 2 bridgehead atoms. The second-order valence-electron chi connectivity index (χ2n) is 13.6. The van der Waals surface area contributed by atoms with Gasteiger partial charge in [0.2, 0.25) is 0 Å². The lowest BCUT2D eigenvalue weighted by Crippen LogP contribution is -2.51. The summed E-state index contributed by atoms with van der Waals surface area (Å²) in [5.74, 6) is 2.63. The van der Waals surface area contributed by atoms with Gasteiger partial charge in [-0.25, -0.2) is 14.4 Å². The molecule has 2 aliphatic heterocycles. The average molecular weight is 746 g/mol. The predicted molar refractivity (Wildman–Crippen MR) is 198 cm³/mol. The minimum Gasteiger partial charge on any atom is -0.453 e. The molecule has 3 fully saturated rings. The van der Waals surface area contributed by atoms with Gasteiger partial charge in [0.25, 0.3) is 15.9 Å². The predicted octanol–water partition coefficient (Wildman–Crippen LogP) is 3.61. The molecule has 15 nitrogen and oxygen atoms in total. The molecule has 1 amide bonds. The first-order valence-corrected chi connectivity index (χ1v) is 18.8. The molecule has 1 saturated carbocycles. The first-order chi connectivity index (χ1) is 26.1. The topological polar surface area (TPSA) is 196 Å². The van der Waals surface area contributed by atoms with E-state index in [0.29, 0.717) is 57.8 Å². The Kier molecular flexibility index (Phi) is 8.08. The van der Waals surface area contributed by atoms with Gasteiger partial charge in [0.1, 0.15) is 29.2 Å². The van der Waals surface area contributed by atoms with Gasteiger partial charge in [-0.1, -0.05) is 12.0 Å². The van der Waals surface area contributed by atoms with E-state index in [1.54, 1.807) is 18.2 Å². The number of hydrogen-bond acceptors (Lipinski definition) is 13. The summed E-state index contributed by atoms with van der Waals surface area (Å²) in [4.78, 5) is 37.3. The number of anilines is 3. The standard InChI is InChI=1S/C37H32FN11O4S/c1-2-20-4-3-5-28-31(20)26(14-29(39)44-28)33-32(38)34-27(15-40-33)36(48-16-23-8-9-24(17-48)42-23)46-37(45-34)53-18-30(50)43-22-10-12-25(13-11-22)54(51,52)49-19-41-35(47-49)21-6-7-21/h1,3-5,10-15,19,21,23-24,42H,6-9,16-18H2,(H2,39,44)(H,43,50). The molecule has 17 heteroatoms. The maximum atomic E-state index is 16.8. The van der Waals surface area contributed by atoms with Gasteiger partial charge >= 0.3 is 6.01 Å². The van der Waals surface area contributed by atoms with Crippen LogP contribution >= 0.6 is 0 Å². The minimum absolute atomic E-state index is 0.0173. The molecule has 0 spiro atoms. The summed E-state index contributed by atoms with van der Waals surface area (Å²) in [7, 11) is -3.96. The van der Waals surface area contributed by atoms with Gasteiger partial charge in [-0.15, -0.1) is 15.6 Å². The molecule has 4 aromatic heterocycles. The van der Waals surface area contributed by atoms with Gasteiger partial charge in [0, 0.05) is 59.5 Å². The van der Waals surface area contributed by atoms with Crippen LogP contribution in [0.15, 0.2) is 66.0 Å². The molecule has 6 heterocycles. The third-order valence-electron chi connectivity index (χ3n) is 9.87. The maximum absolute atomic E-state index is 16.8. The van der Waals surface area contributed by atoms with E-state index in [9.17, 15) is 13.2 Å². The molecule has 9 rings (SSSR count). The molecule has 54 heavy (non-hydrogen) atoms. The third kappa shape index (κ3) is 6.08. The number of aromatic nitrogens is 7. The van der Waals surface area contributed by atoms with E-state index in [1.165, 1.54) is 42.9 Å². The zero-order valence-corrected chi connectivity index (χ0v) is 29.4. The lowest BCUT2D eigenvalue weighted by atomic mass is 9.99. The van der Waals surface area contributed by atoms with Crippen LogP contribution in [0.5, 0.6) is 6.01 Å². The zero-order valence-electron chi connectivity index (χ0n) is 28.6. The number of piperazine rings is 1. The SMILES string of the molecule is C#Cc1cccc2nc(N)cc(-c3ncc4c(N5CC6CCC(C5)N6)nc(OCC(=O)Nc5ccc(S(=O)(=O)n6cnc(C7CC7)n6)cc5)nc4c3F)c12. The van der Waals surface area contributed by atoms with Crippen LogP contribution in [0.3, 0.4) is 0 Å². The largest absolute Gasteiger partial charge is 0.453 e. The van der Waals surface area contributed by atoms with Gasteiger partial charge in [-0.05, 0) is 68.1 Å². The van der Waals surface area contributed by atoms with Crippen LogP contribution in [0, 0.1) is 18.2 Å². The molecule has 2 atom stereocenters. The van der Waals surface area contributed by atoms with Crippen molar-refractivity contribution >= 4 is 55.1 Å². The number of ether oxygens (including phenoxy) is 1. The zero-order chi connectivity index (χ0) is 37.1. The van der Waals surface area contributed by atoms with E-state index in [-0.39, 0.29) is 45.9 Å². The smallest absolute Gasteiger partial charge is 0.319 e. The molecule has 2 aromatic carbocycles. The van der Waals surface area contributed by atoms with Crippen LogP contribution in [-0.2, 0) is 14.8 Å². The van der Waals surface area contributed by atoms with Crippen LogP contribution in [0.25, 0.3) is 33.1 Å². The minimum atomic E-state index is -3.96. The highest BCUT2D eigenvalue weighted by molar-refractivity contribution is 7.89. The average Bonchev–Trinajstić information content (AvgIpc) is 3.80. The summed E-state index contributed by atoms with van der Waals surface area (Å²) in [6, 6.07) is 12.7. The van der Waals surface area contributed by atoms with Crippen molar-refractivity contribution in [3.05, 3.63) is 78.3 Å². The molecular formula is C37H32FN11O4S. The Bertz CT molecular complexity index is 2630. The number of rotatable bonds is 9. The lowest BCUT2D eigenvalue weighted by molar-refractivity contribution is -0.118. The highest BCUT2D eigenvalue weighted by Crippen LogP contribution is 2.39. The molecule has 6 aromatic rings. The van der Waals surface area contributed by atoms with Crippen molar-refractivity contribution < 1.29 is 22.3 Å². The number of terminal acetylenes is 1. The molecule has 0 radical (unpaired) electrons. The molecule has 1 aliphatic carbocycles. The van der Waals surface area contributed by atoms with Gasteiger partial charge in [-0.3, -0.25) is 9.78 Å². The Labute approximate surface area is 308 Å². The van der Waals surface area contributed by atoms with E-state index in [2.05, 4.69) is 51.5 Å². The third-order valence-corrected chi connectivity index (χ3v) is 11.4. The number of carbonyl (C=O) groups is 1. The van der Waals surface area contributed by atoms with Crippen molar-refractivity contribution in [2.75, 3.05) is 35.6 Å². The number of pyridine rings is 2. The summed E-state index contributed by atoms with van der Waals surface area (Å²) in [5, 5.41) is 11.3. The van der Waals surface area contributed by atoms with E-state index in [4.69, 9.17) is 16.9 Å². The quantitative estimate of drug-likeness (QED) is 0.182. The molecule has 272 valence electrons. The monoisotopic (exact) mass is 745 g/mol. The van der Waals surface area contributed by atoms with Crippen LogP contribution < -0.4 is 26.0 Å². The number of carbonyl (C=O) groups excluding carboxylic acids is 1. The lowest BCUT2D eigenvalue weighted by Gasteiger charge is -2.34. The number of amides is 1. The summed E-state index contributed by atoms with van der Waals surface area (Å²) in [5.41, 5.74) is 7.73. The van der Waals surface area contributed by atoms with Crippen LogP contribution in [0.2, 0.25) is 0 Å². The summed E-state index contributed by atoms with van der Waals surface area (Å²) in [6.07, 6.45) is 12.4. The molecule has 3 aliphatic rings. The number of nitrogens with two attached hydrogens (primary N) is 1. The summed E-state index contributed by atoms with van der Waals surface area (Å²) >= 11 is 0. The van der Waals surface area contributed by atoms with Gasteiger partial charge < -0.3 is 26.0 Å². The Balaban J connectivity index is 1.00. The van der Waals surface area contributed by atoms with Gasteiger partial charge in [0.05, 0.1) is 15.8 Å². The fourth-order valence-electron chi connectivity index (χ4n) is 7.15. The van der Waals surface area contributed by atoms with E-state index >= 15 is 4.39 Å². The van der Waals surface area contributed by atoms with E-state index < -0.39 is 28.4 Å². The normalized spacial score (nSPS) is 18.2. The van der Waals surface area contributed by atoms with Crippen LogP contribution in [0.4, 0.5) is 21.7 Å². The van der Waals surface area contributed by atoms with Crippen molar-refractivity contribution in [3.8, 4) is 29.6 Å². The second kappa shape index (κ2) is 13.0. The maximum Gasteiger partial charge on any atom is 0.319 e. The number of benzene rings is 2. The van der Waals surface area contributed by atoms with E-state index in [1.807, 2.05) is 0 Å². The molecule has 2 unspecified atom stereocenters. The first kappa shape index (κ1) is 33.6. The fourth-order valence-corrected chi connectivity index (χ4v) is 8.21. The summed E-state index contributed by atoms with van der Waals surface area (Å²) in [6.45, 7) is 0.748. The Morgan fingerprint density at radius 2 is 1.83 bits per heavy atom. The number of nitrogens with zero attached hydrogens (tertiary/aromatic N) is 8. The van der Waals surface area contributed by atoms with Crippen molar-refractivity contribution in [2.45, 2.75) is 48.6 Å². The Hall–Kier alpha value is -6.25. The number of fused-ring (bicyclic) bond motifs is 4. The number of hydrogen-bond donors (Lipinski definition) is 3. The number of nitrogens with one attached hydrogen (secondary N) is 2. The highest BCUT2D eigenvalue weighted by Gasteiger charge is 2.34. The molecular weight excluding hydrogens is 714 g/mol. The van der Waals surface area contributed by atoms with Gasteiger partial charge in [0.15, 0.2) is 18.2 Å². The van der Waals surface area contributed by atoms with Crippen LogP contribution in [-0.4, -0.2) is 80.2 Å². The van der Waals surface area contributed by atoms with Crippen molar-refractivity contribution in [1.29, 1.82) is 0 Å². The van der Waals surface area contributed by atoms with E-state index in [0.717, 1.165) is 29.8 Å². The second-order valence-corrected chi connectivity index (χ2v) is 15.4. The molecule has 4 N–H and O–H groups in total. The van der Waals surface area contributed by atoms with Crippen molar-refractivity contribution in [2.24, 2.45) is 0 Å². The Morgan fingerprint density at radius 3 is 2.57 bits per heavy atom. The highest BCUT2D eigenvalue weighted by atomic mass is 32.2. The fraction of sp³-hybridized carbons (Fsp3) is 0.270. The molecule has 2 saturated heterocycles. The van der Waals surface area contributed by atoms with Gasteiger partial charge in [-0.2, -0.15) is 18.4 Å². The number of halogens is 1. The first-order valence-electron chi connectivity index (χ1n) is 17.4. The van der Waals surface area contributed by atoms with Crippen molar-refractivity contribution in [1.82, 2.24) is 39.4 Å².